The van der Waals surface area contributed by atoms with Gasteiger partial charge in [0.1, 0.15) is 11.6 Å². The minimum atomic E-state index is -3.12. The summed E-state index contributed by atoms with van der Waals surface area (Å²) < 4.78 is 42.8. The predicted molar refractivity (Wildman–Crippen MR) is 71.8 cm³/mol. The molecule has 20 heavy (non-hydrogen) atoms. The van der Waals surface area contributed by atoms with Gasteiger partial charge in [-0.05, 0) is 43.4 Å². The highest BCUT2D eigenvalue weighted by Crippen LogP contribution is 2.48. The fourth-order valence-corrected chi connectivity index (χ4v) is 5.92. The lowest BCUT2D eigenvalue weighted by Crippen LogP contribution is -2.43. The molecule has 0 aromatic heterocycles. The first kappa shape index (κ1) is 13.8. The van der Waals surface area contributed by atoms with Crippen LogP contribution in [-0.2, 0) is 15.4 Å². The Kier molecular flexibility index (Phi) is 3.06. The van der Waals surface area contributed by atoms with Crippen LogP contribution in [0.25, 0.3) is 0 Å². The van der Waals surface area contributed by atoms with Crippen molar-refractivity contribution in [2.45, 2.75) is 41.8 Å². The standard InChI is InChI=1S/C14H17FO4S/c1-19-11-5-9(4-10(15)6-11)14(16)7-12-2-3-13(8-14)20(12,17)18/h4-6,12-13,16H,2-3,7-8H2,1H3. The highest BCUT2D eigenvalue weighted by Gasteiger charge is 2.53. The zero-order valence-corrected chi connectivity index (χ0v) is 12.0. The first-order valence-electron chi connectivity index (χ1n) is 6.65. The molecule has 4 nitrogen and oxygen atoms in total. The number of rotatable bonds is 2. The van der Waals surface area contributed by atoms with Crippen LogP contribution in [0.3, 0.4) is 0 Å². The minimum absolute atomic E-state index is 0.137. The largest absolute Gasteiger partial charge is 0.497 e. The van der Waals surface area contributed by atoms with Crippen LogP contribution in [0.4, 0.5) is 4.39 Å². The molecule has 1 aromatic rings. The fourth-order valence-electron chi connectivity index (χ4n) is 3.43. The molecule has 1 aromatic carbocycles. The molecule has 2 aliphatic rings. The van der Waals surface area contributed by atoms with Gasteiger partial charge in [0.2, 0.25) is 0 Å². The first-order chi connectivity index (χ1) is 9.35. The van der Waals surface area contributed by atoms with Gasteiger partial charge < -0.3 is 9.84 Å². The SMILES string of the molecule is COc1cc(F)cc(C2(O)CC3CCC(C2)S3(=O)=O)c1. The molecule has 2 saturated heterocycles. The number of hydrogen-bond donors (Lipinski definition) is 1. The van der Waals surface area contributed by atoms with Crippen LogP contribution in [0.15, 0.2) is 18.2 Å². The van der Waals surface area contributed by atoms with Gasteiger partial charge in [-0.2, -0.15) is 0 Å². The van der Waals surface area contributed by atoms with E-state index in [0.717, 1.165) is 0 Å². The maximum Gasteiger partial charge on any atom is 0.156 e. The molecule has 6 heteroatoms. The lowest BCUT2D eigenvalue weighted by molar-refractivity contribution is 0.0168. The second kappa shape index (κ2) is 4.43. The number of halogens is 1. The van der Waals surface area contributed by atoms with Crippen molar-refractivity contribution < 1.29 is 22.7 Å². The van der Waals surface area contributed by atoms with E-state index in [4.69, 9.17) is 4.74 Å². The van der Waals surface area contributed by atoms with Gasteiger partial charge in [0.05, 0.1) is 23.2 Å². The Labute approximate surface area is 117 Å². The van der Waals surface area contributed by atoms with E-state index in [9.17, 15) is 17.9 Å². The molecule has 0 aliphatic carbocycles. The van der Waals surface area contributed by atoms with Gasteiger partial charge in [-0.1, -0.05) is 0 Å². The van der Waals surface area contributed by atoms with E-state index in [1.165, 1.54) is 19.2 Å². The number of benzene rings is 1. The van der Waals surface area contributed by atoms with Gasteiger partial charge in [0, 0.05) is 6.07 Å². The Balaban J connectivity index is 2.01. The lowest BCUT2D eigenvalue weighted by atomic mass is 9.86. The average Bonchev–Trinajstić information content (AvgIpc) is 2.58. The van der Waals surface area contributed by atoms with Crippen molar-refractivity contribution in [3.05, 3.63) is 29.6 Å². The summed E-state index contributed by atoms with van der Waals surface area (Å²) in [6, 6.07) is 4.08. The molecule has 2 heterocycles. The monoisotopic (exact) mass is 300 g/mol. The van der Waals surface area contributed by atoms with Crippen LogP contribution in [0.2, 0.25) is 0 Å². The van der Waals surface area contributed by atoms with Crippen molar-refractivity contribution in [1.82, 2.24) is 0 Å². The molecule has 2 fully saturated rings. The Morgan fingerprint density at radius 3 is 2.40 bits per heavy atom. The second-order valence-corrected chi connectivity index (χ2v) is 8.24. The van der Waals surface area contributed by atoms with Gasteiger partial charge in [-0.15, -0.1) is 0 Å². The number of sulfone groups is 1. The highest BCUT2D eigenvalue weighted by atomic mass is 32.2. The van der Waals surface area contributed by atoms with E-state index in [1.54, 1.807) is 6.07 Å². The molecule has 2 atom stereocenters. The normalized spacial score (nSPS) is 35.0. The summed E-state index contributed by atoms with van der Waals surface area (Å²) in [5.74, 6) is -0.164. The number of methoxy groups -OCH3 is 1. The van der Waals surface area contributed by atoms with E-state index < -0.39 is 31.8 Å². The Bertz CT molecular complexity index is 621. The molecular weight excluding hydrogens is 283 g/mol. The summed E-state index contributed by atoms with van der Waals surface area (Å²) in [6.45, 7) is 0. The summed E-state index contributed by atoms with van der Waals surface area (Å²) in [4.78, 5) is 0. The molecule has 0 amide bonds. The zero-order valence-electron chi connectivity index (χ0n) is 11.2. The van der Waals surface area contributed by atoms with Crippen molar-refractivity contribution in [3.8, 4) is 5.75 Å². The van der Waals surface area contributed by atoms with Crippen molar-refractivity contribution >= 4 is 9.84 Å². The minimum Gasteiger partial charge on any atom is -0.497 e. The van der Waals surface area contributed by atoms with Crippen LogP contribution in [0.5, 0.6) is 5.75 Å². The predicted octanol–water partition coefficient (Wildman–Crippen LogP) is 1.76. The Morgan fingerprint density at radius 1 is 1.25 bits per heavy atom. The maximum atomic E-state index is 13.6. The topological polar surface area (TPSA) is 63.6 Å². The van der Waals surface area contributed by atoms with Crippen molar-refractivity contribution in [1.29, 1.82) is 0 Å². The van der Waals surface area contributed by atoms with E-state index in [-0.39, 0.29) is 12.8 Å². The maximum absolute atomic E-state index is 13.6. The number of fused-ring (bicyclic) bond motifs is 2. The van der Waals surface area contributed by atoms with Gasteiger partial charge >= 0.3 is 0 Å². The number of hydrogen-bond acceptors (Lipinski definition) is 4. The Morgan fingerprint density at radius 2 is 1.85 bits per heavy atom. The highest BCUT2D eigenvalue weighted by molar-refractivity contribution is 7.93. The lowest BCUT2D eigenvalue weighted by Gasteiger charge is -2.36. The molecule has 0 saturated carbocycles. The van der Waals surface area contributed by atoms with E-state index in [0.29, 0.717) is 24.2 Å². The summed E-state index contributed by atoms with van der Waals surface area (Å²) in [7, 11) is -1.69. The van der Waals surface area contributed by atoms with Crippen molar-refractivity contribution in [3.63, 3.8) is 0 Å². The van der Waals surface area contributed by atoms with Gasteiger partial charge in [-0.3, -0.25) is 0 Å². The second-order valence-electron chi connectivity index (χ2n) is 5.73. The molecule has 110 valence electrons. The summed E-state index contributed by atoms with van der Waals surface area (Å²) in [6.07, 6.45) is 1.44. The van der Waals surface area contributed by atoms with Crippen LogP contribution in [0, 0.1) is 5.82 Å². The average molecular weight is 300 g/mol. The van der Waals surface area contributed by atoms with Crippen LogP contribution >= 0.6 is 0 Å². The quantitative estimate of drug-likeness (QED) is 0.904. The summed E-state index contributed by atoms with van der Waals surface area (Å²) >= 11 is 0. The van der Waals surface area contributed by atoms with Gasteiger partial charge in [0.15, 0.2) is 9.84 Å². The van der Waals surface area contributed by atoms with Gasteiger partial charge in [0.25, 0.3) is 0 Å². The molecule has 1 N–H and O–H groups in total. The van der Waals surface area contributed by atoms with E-state index in [2.05, 4.69) is 0 Å². The smallest absolute Gasteiger partial charge is 0.156 e. The molecular formula is C14H17FO4S. The third-order valence-electron chi connectivity index (χ3n) is 4.51. The molecule has 2 aliphatic heterocycles. The third-order valence-corrected chi connectivity index (χ3v) is 7.18. The molecule has 0 spiro atoms. The third kappa shape index (κ3) is 2.02. The zero-order chi connectivity index (χ0) is 14.5. The van der Waals surface area contributed by atoms with E-state index in [1.807, 2.05) is 0 Å². The summed E-state index contributed by atoms with van der Waals surface area (Å²) in [5, 5.41) is 9.79. The van der Waals surface area contributed by atoms with Crippen LogP contribution < -0.4 is 4.74 Å². The van der Waals surface area contributed by atoms with Crippen molar-refractivity contribution in [2.24, 2.45) is 0 Å². The van der Waals surface area contributed by atoms with Crippen molar-refractivity contribution in [2.75, 3.05) is 7.11 Å². The molecule has 2 unspecified atom stereocenters. The number of ether oxygens (including phenoxy) is 1. The van der Waals surface area contributed by atoms with Gasteiger partial charge in [-0.25, -0.2) is 12.8 Å². The number of aliphatic hydroxyl groups is 1. The van der Waals surface area contributed by atoms with Crippen LogP contribution in [0.1, 0.15) is 31.2 Å². The van der Waals surface area contributed by atoms with Crippen LogP contribution in [-0.4, -0.2) is 31.1 Å². The molecule has 3 rings (SSSR count). The molecule has 2 bridgehead atoms. The first-order valence-corrected chi connectivity index (χ1v) is 8.26. The Hall–Kier alpha value is -1.14. The molecule has 0 radical (unpaired) electrons. The van der Waals surface area contributed by atoms with E-state index >= 15 is 0 Å². The fraction of sp³-hybridized carbons (Fsp3) is 0.571. The summed E-state index contributed by atoms with van der Waals surface area (Å²) in [5.41, 5.74) is -0.881.